The van der Waals surface area contributed by atoms with E-state index in [9.17, 15) is 14.7 Å². The van der Waals surface area contributed by atoms with E-state index in [0.717, 1.165) is 33.4 Å². The van der Waals surface area contributed by atoms with Crippen molar-refractivity contribution in [2.45, 2.75) is 38.8 Å². The van der Waals surface area contributed by atoms with E-state index < -0.39 is 5.41 Å². The Kier molecular flexibility index (Phi) is 3.09. The summed E-state index contributed by atoms with van der Waals surface area (Å²) < 4.78 is 7.01. The molecular formula is C21H18N2O4. The van der Waals surface area contributed by atoms with E-state index in [1.807, 2.05) is 26.0 Å². The molecule has 27 heavy (non-hydrogen) atoms. The first kappa shape index (κ1) is 16.1. The summed E-state index contributed by atoms with van der Waals surface area (Å²) in [5.41, 5.74) is 3.52. The zero-order valence-electron chi connectivity index (χ0n) is 15.1. The van der Waals surface area contributed by atoms with Crippen LogP contribution in [0, 0.1) is 0 Å². The second kappa shape index (κ2) is 5.19. The van der Waals surface area contributed by atoms with Crippen LogP contribution in [0.3, 0.4) is 0 Å². The molecule has 5 rings (SSSR count). The van der Waals surface area contributed by atoms with Gasteiger partial charge in [-0.25, -0.2) is 4.98 Å². The summed E-state index contributed by atoms with van der Waals surface area (Å²) in [6.07, 6.45) is 0.555. The fraction of sp³-hybridized carbons (Fsp3) is 0.286. The van der Waals surface area contributed by atoms with Crippen molar-refractivity contribution in [1.82, 2.24) is 9.55 Å². The molecule has 0 bridgehead atoms. The second-order valence-corrected chi connectivity index (χ2v) is 7.45. The predicted octanol–water partition coefficient (Wildman–Crippen LogP) is 2.86. The highest BCUT2D eigenvalue weighted by Crippen LogP contribution is 2.39. The monoisotopic (exact) mass is 362 g/mol. The number of cyclic esters (lactones) is 1. The number of carbonyl (C=O) groups excluding carboxylic acids is 1. The molecule has 1 aromatic carbocycles. The van der Waals surface area contributed by atoms with E-state index in [1.54, 1.807) is 22.8 Å². The molecule has 2 aromatic heterocycles. The van der Waals surface area contributed by atoms with E-state index in [1.165, 1.54) is 0 Å². The topological polar surface area (TPSA) is 81.4 Å². The number of phenols is 1. The molecule has 1 N–H and O–H groups in total. The average molecular weight is 362 g/mol. The van der Waals surface area contributed by atoms with Crippen LogP contribution in [0.15, 0.2) is 35.1 Å². The number of aromatic nitrogens is 2. The number of hydrogen-bond acceptors (Lipinski definition) is 5. The third-order valence-electron chi connectivity index (χ3n) is 5.95. The van der Waals surface area contributed by atoms with Gasteiger partial charge >= 0.3 is 5.97 Å². The molecule has 2 aliphatic heterocycles. The van der Waals surface area contributed by atoms with Gasteiger partial charge < -0.3 is 14.4 Å². The van der Waals surface area contributed by atoms with Crippen molar-refractivity contribution < 1.29 is 14.6 Å². The number of nitrogens with zero attached hydrogens (tertiary/aromatic N) is 2. The highest BCUT2D eigenvalue weighted by atomic mass is 16.5. The second-order valence-electron chi connectivity index (χ2n) is 7.45. The highest BCUT2D eigenvalue weighted by molar-refractivity contribution is 5.87. The SMILES string of the molecule is CCC1(C)C(=O)OCc2c1cc1n(c2=O)Cc2cc3cc(O)ccc3nc2-1. The molecule has 0 fully saturated rings. The fourth-order valence-corrected chi connectivity index (χ4v) is 4.14. The number of hydrogen-bond donors (Lipinski definition) is 1. The maximum Gasteiger partial charge on any atom is 0.316 e. The Morgan fingerprint density at radius 3 is 2.85 bits per heavy atom. The largest absolute Gasteiger partial charge is 0.508 e. The zero-order chi connectivity index (χ0) is 18.9. The maximum absolute atomic E-state index is 13.1. The normalized spacial score (nSPS) is 20.1. The third kappa shape index (κ3) is 2.04. The quantitative estimate of drug-likeness (QED) is 0.527. The lowest BCUT2D eigenvalue weighted by Crippen LogP contribution is -2.42. The number of ether oxygens (including phenoxy) is 1. The van der Waals surface area contributed by atoms with Crippen molar-refractivity contribution >= 4 is 16.9 Å². The van der Waals surface area contributed by atoms with Gasteiger partial charge in [0.25, 0.3) is 5.56 Å². The van der Waals surface area contributed by atoms with E-state index in [2.05, 4.69) is 0 Å². The molecule has 0 saturated carbocycles. The van der Waals surface area contributed by atoms with Crippen LogP contribution in [0.4, 0.5) is 0 Å². The molecule has 1 unspecified atom stereocenters. The molecule has 3 aromatic rings. The van der Waals surface area contributed by atoms with Gasteiger partial charge in [-0.2, -0.15) is 0 Å². The number of pyridine rings is 2. The Morgan fingerprint density at radius 2 is 2.07 bits per heavy atom. The minimum atomic E-state index is -0.826. The number of esters is 1. The molecule has 1 atom stereocenters. The van der Waals surface area contributed by atoms with E-state index in [-0.39, 0.29) is 23.9 Å². The van der Waals surface area contributed by atoms with Crippen LogP contribution < -0.4 is 5.56 Å². The van der Waals surface area contributed by atoms with Gasteiger partial charge in [0, 0.05) is 10.9 Å². The van der Waals surface area contributed by atoms with E-state index in [4.69, 9.17) is 9.72 Å². The Bertz CT molecular complexity index is 1210. The molecule has 0 radical (unpaired) electrons. The molecule has 0 spiro atoms. The molecule has 0 aliphatic carbocycles. The Labute approximate surface area is 155 Å². The van der Waals surface area contributed by atoms with Crippen molar-refractivity contribution in [3.05, 3.63) is 57.4 Å². The van der Waals surface area contributed by atoms with Crippen LogP contribution in [-0.2, 0) is 28.1 Å². The maximum atomic E-state index is 13.1. The van der Waals surface area contributed by atoms with Crippen molar-refractivity contribution in [2.75, 3.05) is 0 Å². The Hall–Kier alpha value is -3.15. The lowest BCUT2D eigenvalue weighted by atomic mass is 9.76. The fourth-order valence-electron chi connectivity index (χ4n) is 4.14. The van der Waals surface area contributed by atoms with Crippen molar-refractivity contribution in [1.29, 1.82) is 0 Å². The first-order chi connectivity index (χ1) is 12.9. The number of phenolic OH excluding ortho intramolecular Hbond substituents is 1. The molecule has 0 saturated heterocycles. The van der Waals surface area contributed by atoms with Gasteiger partial charge in [-0.05, 0) is 49.2 Å². The average Bonchev–Trinajstić information content (AvgIpc) is 3.01. The van der Waals surface area contributed by atoms with E-state index in [0.29, 0.717) is 18.5 Å². The van der Waals surface area contributed by atoms with Gasteiger partial charge in [0.15, 0.2) is 0 Å². The lowest BCUT2D eigenvalue weighted by molar-refractivity contribution is -0.153. The predicted molar refractivity (Wildman–Crippen MR) is 99.6 cm³/mol. The van der Waals surface area contributed by atoms with Crippen LogP contribution in [-0.4, -0.2) is 20.6 Å². The molecule has 136 valence electrons. The van der Waals surface area contributed by atoms with Crippen LogP contribution in [0.5, 0.6) is 5.75 Å². The summed E-state index contributed by atoms with van der Waals surface area (Å²) in [6, 6.07) is 8.92. The highest BCUT2D eigenvalue weighted by Gasteiger charge is 2.43. The Balaban J connectivity index is 1.80. The van der Waals surface area contributed by atoms with Crippen LogP contribution in [0.2, 0.25) is 0 Å². The standard InChI is InChI=1S/C21H18N2O4/c1-3-21(2)15-8-17-18-12(6-11-7-13(24)4-5-16(11)22-18)9-23(17)19(25)14(15)10-27-20(21)26/h4-8,24H,3,9-10H2,1-2H3. The number of carbonyl (C=O) groups is 1. The molecule has 0 amide bonds. The van der Waals surface area contributed by atoms with Gasteiger partial charge in [-0.3, -0.25) is 9.59 Å². The van der Waals surface area contributed by atoms with Crippen molar-refractivity contribution in [3.8, 4) is 17.1 Å². The lowest BCUT2D eigenvalue weighted by Gasteiger charge is -2.33. The van der Waals surface area contributed by atoms with Crippen LogP contribution in [0.1, 0.15) is 37.0 Å². The van der Waals surface area contributed by atoms with Gasteiger partial charge in [0.05, 0.1) is 34.4 Å². The van der Waals surface area contributed by atoms with Crippen LogP contribution in [0.25, 0.3) is 22.3 Å². The minimum Gasteiger partial charge on any atom is -0.508 e. The number of rotatable bonds is 1. The van der Waals surface area contributed by atoms with E-state index >= 15 is 0 Å². The van der Waals surface area contributed by atoms with Crippen molar-refractivity contribution in [2.24, 2.45) is 0 Å². The molecule has 2 aliphatic rings. The first-order valence-electron chi connectivity index (χ1n) is 9.00. The summed E-state index contributed by atoms with van der Waals surface area (Å²) in [6.45, 7) is 4.19. The number of fused-ring (bicyclic) bond motifs is 5. The Morgan fingerprint density at radius 1 is 1.26 bits per heavy atom. The molecular weight excluding hydrogens is 344 g/mol. The van der Waals surface area contributed by atoms with Gasteiger partial charge in [-0.1, -0.05) is 6.92 Å². The summed E-state index contributed by atoms with van der Waals surface area (Å²) >= 11 is 0. The van der Waals surface area contributed by atoms with Gasteiger partial charge in [0.2, 0.25) is 0 Å². The minimum absolute atomic E-state index is 0.0164. The summed E-state index contributed by atoms with van der Waals surface area (Å²) in [5, 5.41) is 10.6. The molecule has 6 nitrogen and oxygen atoms in total. The first-order valence-corrected chi connectivity index (χ1v) is 9.00. The summed E-state index contributed by atoms with van der Waals surface area (Å²) in [7, 11) is 0. The number of benzene rings is 1. The molecule has 6 heteroatoms. The van der Waals surface area contributed by atoms with Crippen LogP contribution >= 0.6 is 0 Å². The third-order valence-corrected chi connectivity index (χ3v) is 5.95. The number of aromatic hydroxyl groups is 1. The van der Waals surface area contributed by atoms with Gasteiger partial charge in [-0.15, -0.1) is 0 Å². The van der Waals surface area contributed by atoms with Crippen molar-refractivity contribution in [3.63, 3.8) is 0 Å². The summed E-state index contributed by atoms with van der Waals surface area (Å²) in [4.78, 5) is 30.3. The summed E-state index contributed by atoms with van der Waals surface area (Å²) in [5.74, 6) is -0.108. The van der Waals surface area contributed by atoms with Gasteiger partial charge in [0.1, 0.15) is 12.4 Å². The zero-order valence-corrected chi connectivity index (χ0v) is 15.1. The smallest absolute Gasteiger partial charge is 0.316 e. The molecule has 4 heterocycles.